The molecule has 0 atom stereocenters. The number of sulfonamides is 1. The lowest BCUT2D eigenvalue weighted by molar-refractivity contribution is 0.527. The second-order valence-corrected chi connectivity index (χ2v) is 6.99. The van der Waals surface area contributed by atoms with Crippen LogP contribution in [0.1, 0.15) is 33.6 Å². The van der Waals surface area contributed by atoms with Gasteiger partial charge in [-0.05, 0) is 19.8 Å². The lowest BCUT2D eigenvalue weighted by atomic mass is 10.2. The molecule has 20 heavy (non-hydrogen) atoms. The van der Waals surface area contributed by atoms with Crippen molar-refractivity contribution in [2.24, 2.45) is 0 Å². The van der Waals surface area contributed by atoms with E-state index in [1.165, 1.54) is 11.3 Å². The van der Waals surface area contributed by atoms with Crippen molar-refractivity contribution in [2.75, 3.05) is 11.9 Å². The number of hydrogen-bond acceptors (Lipinski definition) is 5. The smallest absolute Gasteiger partial charge is 0.260 e. The molecule has 2 heterocycles. The van der Waals surface area contributed by atoms with Gasteiger partial charge >= 0.3 is 0 Å². The zero-order valence-electron chi connectivity index (χ0n) is 11.9. The summed E-state index contributed by atoms with van der Waals surface area (Å²) in [6.07, 6.45) is 3.25. The summed E-state index contributed by atoms with van der Waals surface area (Å²) in [6.45, 7) is 6.48. The molecule has 112 valence electrons. The van der Waals surface area contributed by atoms with E-state index in [2.05, 4.69) is 15.0 Å². The number of anilines is 1. The average molecular weight is 316 g/mol. The molecule has 0 aliphatic rings. The number of thiazole rings is 1. The van der Waals surface area contributed by atoms with Gasteiger partial charge in [0.2, 0.25) is 0 Å². The Hall–Kier alpha value is -1.12. The summed E-state index contributed by atoms with van der Waals surface area (Å²) < 4.78 is 29.6. The van der Waals surface area contributed by atoms with Crippen LogP contribution in [0, 0.1) is 0 Å². The van der Waals surface area contributed by atoms with Crippen LogP contribution in [0.4, 0.5) is 5.82 Å². The first-order valence-corrected chi connectivity index (χ1v) is 9.11. The fraction of sp³-hybridized carbons (Fsp3) is 0.583. The molecule has 0 amide bonds. The number of rotatable bonds is 7. The van der Waals surface area contributed by atoms with Crippen molar-refractivity contribution >= 4 is 32.1 Å². The number of aromatic nitrogens is 2. The Morgan fingerprint density at radius 2 is 2.05 bits per heavy atom. The van der Waals surface area contributed by atoms with Gasteiger partial charge in [0, 0.05) is 24.2 Å². The minimum Gasteiger partial charge on any atom is -0.368 e. The van der Waals surface area contributed by atoms with Crippen molar-refractivity contribution < 1.29 is 8.42 Å². The standard InChI is InChI=1S/C12H20N4O2S2/c1-4-9(5-2)15-20(17,18)11-10(13-6-3)14-12-16(11)7-8-19-12/h7-9,13,15H,4-6H2,1-3H3. The Bertz CT molecular complexity index is 671. The molecule has 0 aromatic carbocycles. The van der Waals surface area contributed by atoms with Crippen LogP contribution in [0.2, 0.25) is 0 Å². The maximum atomic E-state index is 12.6. The third-order valence-corrected chi connectivity index (χ3v) is 5.42. The molecule has 0 aliphatic carbocycles. The van der Waals surface area contributed by atoms with E-state index in [0.29, 0.717) is 17.3 Å². The molecular formula is C12H20N4O2S2. The third-order valence-electron chi connectivity index (χ3n) is 3.12. The zero-order valence-corrected chi connectivity index (χ0v) is 13.5. The van der Waals surface area contributed by atoms with Crippen LogP contribution in [-0.2, 0) is 10.0 Å². The Kier molecular flexibility index (Phi) is 4.66. The summed E-state index contributed by atoms with van der Waals surface area (Å²) in [4.78, 5) is 5.01. The minimum atomic E-state index is -3.60. The molecule has 0 radical (unpaired) electrons. The van der Waals surface area contributed by atoms with Gasteiger partial charge in [-0.15, -0.1) is 11.3 Å². The van der Waals surface area contributed by atoms with E-state index in [1.807, 2.05) is 26.2 Å². The van der Waals surface area contributed by atoms with E-state index in [-0.39, 0.29) is 11.1 Å². The van der Waals surface area contributed by atoms with Crippen LogP contribution >= 0.6 is 11.3 Å². The first kappa shape index (κ1) is 15.3. The highest BCUT2D eigenvalue weighted by Gasteiger charge is 2.27. The van der Waals surface area contributed by atoms with Crippen LogP contribution in [0.3, 0.4) is 0 Å². The summed E-state index contributed by atoms with van der Waals surface area (Å²) in [5, 5.41) is 5.05. The van der Waals surface area contributed by atoms with Gasteiger partial charge in [-0.2, -0.15) is 0 Å². The summed E-state index contributed by atoms with van der Waals surface area (Å²) in [7, 11) is -3.60. The third kappa shape index (κ3) is 2.82. The number of nitrogens with one attached hydrogen (secondary N) is 2. The normalized spacial score (nSPS) is 12.4. The van der Waals surface area contributed by atoms with Gasteiger partial charge in [0.25, 0.3) is 10.0 Å². The van der Waals surface area contributed by atoms with Crippen molar-refractivity contribution in [1.82, 2.24) is 14.1 Å². The molecular weight excluding hydrogens is 296 g/mol. The van der Waals surface area contributed by atoms with Gasteiger partial charge in [0.05, 0.1) is 0 Å². The van der Waals surface area contributed by atoms with E-state index in [1.54, 1.807) is 10.6 Å². The number of hydrogen-bond donors (Lipinski definition) is 2. The van der Waals surface area contributed by atoms with E-state index in [0.717, 1.165) is 12.8 Å². The van der Waals surface area contributed by atoms with Gasteiger partial charge in [0.1, 0.15) is 0 Å². The van der Waals surface area contributed by atoms with Crippen LogP contribution in [0.5, 0.6) is 0 Å². The lowest BCUT2D eigenvalue weighted by Crippen LogP contribution is -2.34. The summed E-state index contributed by atoms with van der Waals surface area (Å²) in [5.74, 6) is 0.415. The quantitative estimate of drug-likeness (QED) is 0.822. The molecule has 2 rings (SSSR count). The van der Waals surface area contributed by atoms with E-state index in [4.69, 9.17) is 0 Å². The van der Waals surface area contributed by atoms with Crippen molar-refractivity contribution in [2.45, 2.75) is 44.7 Å². The molecule has 0 saturated heterocycles. The Morgan fingerprint density at radius 3 is 2.65 bits per heavy atom. The van der Waals surface area contributed by atoms with Gasteiger partial charge in [-0.25, -0.2) is 18.1 Å². The maximum absolute atomic E-state index is 12.6. The van der Waals surface area contributed by atoms with Gasteiger partial charge in [-0.3, -0.25) is 4.40 Å². The van der Waals surface area contributed by atoms with Crippen LogP contribution in [-0.4, -0.2) is 30.4 Å². The lowest BCUT2D eigenvalue weighted by Gasteiger charge is -2.15. The number of fused-ring (bicyclic) bond motifs is 1. The predicted octanol–water partition coefficient (Wildman–Crippen LogP) is 2.29. The largest absolute Gasteiger partial charge is 0.368 e. The maximum Gasteiger partial charge on any atom is 0.260 e. The van der Waals surface area contributed by atoms with Crippen molar-refractivity contribution in [1.29, 1.82) is 0 Å². The van der Waals surface area contributed by atoms with Gasteiger partial charge in [-0.1, -0.05) is 13.8 Å². The van der Waals surface area contributed by atoms with Gasteiger partial charge in [0.15, 0.2) is 15.8 Å². The van der Waals surface area contributed by atoms with Crippen LogP contribution in [0.25, 0.3) is 4.96 Å². The molecule has 6 nitrogen and oxygen atoms in total. The molecule has 2 aromatic heterocycles. The molecule has 8 heteroatoms. The first-order chi connectivity index (χ1) is 9.53. The molecule has 2 aromatic rings. The fourth-order valence-electron chi connectivity index (χ4n) is 2.03. The summed E-state index contributed by atoms with van der Waals surface area (Å²) in [5.41, 5.74) is 0. The predicted molar refractivity (Wildman–Crippen MR) is 81.9 cm³/mol. The highest BCUT2D eigenvalue weighted by Crippen LogP contribution is 2.25. The number of imidazole rings is 1. The Balaban J connectivity index is 2.48. The minimum absolute atomic E-state index is 0.0568. The topological polar surface area (TPSA) is 75.5 Å². The average Bonchev–Trinajstić information content (AvgIpc) is 2.96. The second-order valence-electron chi connectivity index (χ2n) is 4.49. The van der Waals surface area contributed by atoms with Crippen molar-refractivity contribution in [3.05, 3.63) is 11.6 Å². The zero-order chi connectivity index (χ0) is 14.8. The van der Waals surface area contributed by atoms with E-state index in [9.17, 15) is 8.42 Å². The highest BCUT2D eigenvalue weighted by molar-refractivity contribution is 7.89. The molecule has 0 aliphatic heterocycles. The molecule has 0 spiro atoms. The monoisotopic (exact) mass is 316 g/mol. The van der Waals surface area contributed by atoms with E-state index < -0.39 is 10.0 Å². The summed E-state index contributed by atoms with van der Waals surface area (Å²) in [6, 6.07) is -0.0568. The second kappa shape index (κ2) is 6.11. The van der Waals surface area contributed by atoms with Crippen molar-refractivity contribution in [3.8, 4) is 0 Å². The van der Waals surface area contributed by atoms with Crippen molar-refractivity contribution in [3.63, 3.8) is 0 Å². The summed E-state index contributed by atoms with van der Waals surface area (Å²) >= 11 is 1.41. The Labute approximate surface area is 123 Å². The van der Waals surface area contributed by atoms with Crippen LogP contribution in [0.15, 0.2) is 16.6 Å². The first-order valence-electron chi connectivity index (χ1n) is 6.75. The fourth-order valence-corrected chi connectivity index (χ4v) is 4.47. The number of nitrogens with zero attached hydrogens (tertiary/aromatic N) is 2. The highest BCUT2D eigenvalue weighted by atomic mass is 32.2. The van der Waals surface area contributed by atoms with Crippen LogP contribution < -0.4 is 10.0 Å². The molecule has 0 unspecified atom stereocenters. The van der Waals surface area contributed by atoms with Gasteiger partial charge < -0.3 is 5.32 Å². The SMILES string of the molecule is CCNc1nc2sccn2c1S(=O)(=O)NC(CC)CC. The molecule has 2 N–H and O–H groups in total. The Morgan fingerprint density at radius 1 is 1.35 bits per heavy atom. The molecule has 0 fully saturated rings. The molecule has 0 saturated carbocycles. The van der Waals surface area contributed by atoms with E-state index >= 15 is 0 Å². The molecule has 0 bridgehead atoms.